The monoisotopic (exact) mass is 433 g/mol. The summed E-state index contributed by atoms with van der Waals surface area (Å²) in [6, 6.07) is 9.25. The fourth-order valence-corrected chi connectivity index (χ4v) is 4.10. The van der Waals surface area contributed by atoms with E-state index in [1.807, 2.05) is 53.2 Å². The Hall–Kier alpha value is -3.65. The number of anilines is 1. The second-order valence-corrected chi connectivity index (χ2v) is 7.77. The minimum atomic E-state index is -0.172. The molecule has 0 fully saturated rings. The number of hydrogen-bond donors (Lipinski definition) is 1. The molecular weight excluding hydrogens is 414 g/mol. The summed E-state index contributed by atoms with van der Waals surface area (Å²) in [4.78, 5) is 28.5. The van der Waals surface area contributed by atoms with Crippen LogP contribution in [-0.2, 0) is 6.54 Å². The Morgan fingerprint density at radius 1 is 1.23 bits per heavy atom. The van der Waals surface area contributed by atoms with E-state index in [1.54, 1.807) is 23.2 Å². The maximum atomic E-state index is 13.4. The van der Waals surface area contributed by atoms with Crippen LogP contribution in [0.4, 0.5) is 5.82 Å². The third kappa shape index (κ3) is 3.16. The number of fused-ring (bicyclic) bond motifs is 4. The van der Waals surface area contributed by atoms with Crippen LogP contribution in [0.15, 0.2) is 48.9 Å². The van der Waals surface area contributed by atoms with E-state index in [0.29, 0.717) is 40.5 Å². The standard InChI is InChI=1S/C22H20ClN7O/c1-3-28(11-14-12-29-7-5-4-6-20(29)26-14)22(31)15-8-18-17(9-16(15)23)27-21(24)19-10-25-13(2)30(18)19/h4-10,12H,3,11H2,1-2H3,(H2,24,27). The summed E-state index contributed by atoms with van der Waals surface area (Å²) in [5.41, 5.74) is 10.2. The molecule has 0 bridgehead atoms. The number of amides is 1. The first-order valence-corrected chi connectivity index (χ1v) is 10.3. The summed E-state index contributed by atoms with van der Waals surface area (Å²) in [6.45, 7) is 4.71. The van der Waals surface area contributed by atoms with Crippen molar-refractivity contribution in [1.82, 2.24) is 28.7 Å². The Morgan fingerprint density at radius 2 is 2.06 bits per heavy atom. The Morgan fingerprint density at radius 3 is 2.84 bits per heavy atom. The lowest BCUT2D eigenvalue weighted by molar-refractivity contribution is 0.0751. The Balaban J connectivity index is 1.57. The van der Waals surface area contributed by atoms with E-state index < -0.39 is 0 Å². The average molecular weight is 434 g/mol. The van der Waals surface area contributed by atoms with Gasteiger partial charge in [-0.3, -0.25) is 9.20 Å². The zero-order valence-corrected chi connectivity index (χ0v) is 17.8. The predicted octanol–water partition coefficient (Wildman–Crippen LogP) is 3.74. The Bertz CT molecular complexity index is 1440. The first kappa shape index (κ1) is 19.3. The lowest BCUT2D eigenvalue weighted by Crippen LogP contribution is -2.30. The summed E-state index contributed by atoms with van der Waals surface area (Å²) < 4.78 is 3.83. The molecule has 1 amide bonds. The number of benzene rings is 1. The number of rotatable bonds is 4. The largest absolute Gasteiger partial charge is 0.382 e. The van der Waals surface area contributed by atoms with Crippen LogP contribution in [0, 0.1) is 6.92 Å². The molecule has 0 atom stereocenters. The number of nitrogens with zero attached hydrogens (tertiary/aromatic N) is 6. The molecule has 5 rings (SSSR count). The van der Waals surface area contributed by atoms with Crippen LogP contribution in [0.1, 0.15) is 28.8 Å². The third-order valence-electron chi connectivity index (χ3n) is 5.41. The van der Waals surface area contributed by atoms with E-state index in [2.05, 4.69) is 15.0 Å². The summed E-state index contributed by atoms with van der Waals surface area (Å²) in [6.07, 6.45) is 5.54. The van der Waals surface area contributed by atoms with E-state index in [1.165, 1.54) is 0 Å². The number of carbonyl (C=O) groups is 1. The van der Waals surface area contributed by atoms with E-state index in [0.717, 1.165) is 22.7 Å². The van der Waals surface area contributed by atoms with Crippen molar-refractivity contribution in [2.75, 3.05) is 12.3 Å². The molecule has 0 aliphatic heterocycles. The summed E-state index contributed by atoms with van der Waals surface area (Å²) in [5, 5.41) is 0.329. The van der Waals surface area contributed by atoms with Crippen molar-refractivity contribution >= 4 is 45.5 Å². The van der Waals surface area contributed by atoms with Gasteiger partial charge >= 0.3 is 0 Å². The summed E-state index contributed by atoms with van der Waals surface area (Å²) in [5.74, 6) is 0.950. The van der Waals surface area contributed by atoms with E-state index in [4.69, 9.17) is 17.3 Å². The Labute approximate surface area is 182 Å². The number of halogens is 1. The molecule has 156 valence electrons. The average Bonchev–Trinajstić information content (AvgIpc) is 3.35. The van der Waals surface area contributed by atoms with Crippen LogP contribution in [0.2, 0.25) is 5.02 Å². The zero-order valence-electron chi connectivity index (χ0n) is 17.1. The maximum absolute atomic E-state index is 13.4. The normalized spacial score (nSPS) is 11.6. The highest BCUT2D eigenvalue weighted by molar-refractivity contribution is 6.34. The van der Waals surface area contributed by atoms with Crippen LogP contribution < -0.4 is 5.73 Å². The number of aromatic nitrogens is 5. The highest BCUT2D eigenvalue weighted by Gasteiger charge is 2.21. The maximum Gasteiger partial charge on any atom is 0.255 e. The van der Waals surface area contributed by atoms with Crippen LogP contribution >= 0.6 is 11.6 Å². The lowest BCUT2D eigenvalue weighted by Gasteiger charge is -2.21. The fourth-order valence-electron chi connectivity index (χ4n) is 3.86. The molecule has 0 saturated carbocycles. The molecule has 8 nitrogen and oxygen atoms in total. The molecule has 5 aromatic rings. The van der Waals surface area contributed by atoms with Crippen molar-refractivity contribution in [2.45, 2.75) is 20.4 Å². The van der Waals surface area contributed by atoms with Crippen molar-refractivity contribution in [1.29, 1.82) is 0 Å². The van der Waals surface area contributed by atoms with Gasteiger partial charge in [-0.05, 0) is 38.1 Å². The highest BCUT2D eigenvalue weighted by Crippen LogP contribution is 2.28. The lowest BCUT2D eigenvalue weighted by atomic mass is 10.1. The predicted molar refractivity (Wildman–Crippen MR) is 120 cm³/mol. The number of carbonyl (C=O) groups excluding carboxylic acids is 1. The third-order valence-corrected chi connectivity index (χ3v) is 5.73. The van der Waals surface area contributed by atoms with Crippen LogP contribution in [0.25, 0.3) is 22.2 Å². The van der Waals surface area contributed by atoms with Gasteiger partial charge in [-0.15, -0.1) is 0 Å². The number of nitrogens with two attached hydrogens (primary N) is 1. The first-order chi connectivity index (χ1) is 15.0. The number of pyridine rings is 1. The van der Waals surface area contributed by atoms with E-state index in [-0.39, 0.29) is 5.91 Å². The SMILES string of the molecule is CCN(Cc1cn2ccccc2n1)C(=O)c1cc2c(cc1Cl)nc(N)c1cnc(C)n12. The molecule has 0 aliphatic carbocycles. The molecule has 0 radical (unpaired) electrons. The number of hydrogen-bond acceptors (Lipinski definition) is 5. The van der Waals surface area contributed by atoms with Gasteiger partial charge in [0.2, 0.25) is 0 Å². The van der Waals surface area contributed by atoms with Gasteiger partial charge in [0.25, 0.3) is 5.91 Å². The molecule has 31 heavy (non-hydrogen) atoms. The van der Waals surface area contributed by atoms with Gasteiger partial charge in [0, 0.05) is 18.9 Å². The molecule has 1 aromatic carbocycles. The van der Waals surface area contributed by atoms with Gasteiger partial charge in [-0.1, -0.05) is 17.7 Å². The minimum Gasteiger partial charge on any atom is -0.382 e. The second-order valence-electron chi connectivity index (χ2n) is 7.36. The second kappa shape index (κ2) is 7.24. The van der Waals surface area contributed by atoms with Crippen molar-refractivity contribution in [2.24, 2.45) is 0 Å². The summed E-state index contributed by atoms with van der Waals surface area (Å²) in [7, 11) is 0. The van der Waals surface area contributed by atoms with Gasteiger partial charge in [0.1, 0.15) is 22.8 Å². The number of aryl methyl sites for hydroxylation is 1. The van der Waals surface area contributed by atoms with Crippen LogP contribution in [-0.4, -0.2) is 41.1 Å². The number of imidazole rings is 2. The van der Waals surface area contributed by atoms with Crippen molar-refractivity contribution < 1.29 is 4.79 Å². The van der Waals surface area contributed by atoms with Gasteiger partial charge < -0.3 is 15.0 Å². The van der Waals surface area contributed by atoms with Gasteiger partial charge in [0.15, 0.2) is 0 Å². The van der Waals surface area contributed by atoms with Crippen LogP contribution in [0.5, 0.6) is 0 Å². The Kier molecular flexibility index (Phi) is 4.51. The molecule has 0 spiro atoms. The fraction of sp³-hybridized carbons (Fsp3) is 0.182. The van der Waals surface area contributed by atoms with Crippen molar-refractivity contribution in [3.05, 3.63) is 71.0 Å². The smallest absolute Gasteiger partial charge is 0.255 e. The topological polar surface area (TPSA) is 93.8 Å². The van der Waals surface area contributed by atoms with Crippen molar-refractivity contribution in [3.63, 3.8) is 0 Å². The minimum absolute atomic E-state index is 0.172. The highest BCUT2D eigenvalue weighted by atomic mass is 35.5. The van der Waals surface area contributed by atoms with Crippen molar-refractivity contribution in [3.8, 4) is 0 Å². The van der Waals surface area contributed by atoms with Gasteiger partial charge in [-0.2, -0.15) is 0 Å². The first-order valence-electron chi connectivity index (χ1n) is 9.91. The molecule has 4 heterocycles. The molecular formula is C22H20ClN7O. The van der Waals surface area contributed by atoms with E-state index >= 15 is 0 Å². The molecule has 9 heteroatoms. The summed E-state index contributed by atoms with van der Waals surface area (Å²) >= 11 is 6.51. The zero-order chi connectivity index (χ0) is 21.7. The molecule has 0 saturated heterocycles. The molecule has 0 aliphatic rings. The molecule has 4 aromatic heterocycles. The molecule has 0 unspecified atom stereocenters. The van der Waals surface area contributed by atoms with Crippen LogP contribution in [0.3, 0.4) is 0 Å². The number of nitrogen functional groups attached to an aromatic ring is 1. The quantitative estimate of drug-likeness (QED) is 0.466. The van der Waals surface area contributed by atoms with Gasteiger partial charge in [-0.25, -0.2) is 15.0 Å². The molecule has 2 N–H and O–H groups in total. The van der Waals surface area contributed by atoms with Gasteiger partial charge in [0.05, 0.1) is 40.1 Å². The van der Waals surface area contributed by atoms with E-state index in [9.17, 15) is 4.79 Å².